The standard InChI is InChI=1S/C23H34N4O2S.HI/c1-6-24-22(26-13-18-15-30-21(27-18)23(3,4)5)25-12-17-8-7-16(2)11-20(17)29-19-9-10-28-14-19;/h7-8,11,15,19H,6,9-10,12-14H2,1-5H3,(H2,24,25,26);1H. The summed E-state index contributed by atoms with van der Waals surface area (Å²) in [5, 5.41) is 9.99. The monoisotopic (exact) mass is 558 g/mol. The van der Waals surface area contributed by atoms with Gasteiger partial charge in [-0.1, -0.05) is 32.9 Å². The van der Waals surface area contributed by atoms with Crippen LogP contribution in [0, 0.1) is 6.92 Å². The molecule has 0 amide bonds. The first kappa shape index (κ1) is 25.9. The van der Waals surface area contributed by atoms with Crippen molar-refractivity contribution in [2.24, 2.45) is 4.99 Å². The molecule has 8 heteroatoms. The van der Waals surface area contributed by atoms with Crippen LogP contribution >= 0.6 is 35.3 Å². The summed E-state index contributed by atoms with van der Waals surface area (Å²) in [7, 11) is 0. The zero-order valence-electron chi connectivity index (χ0n) is 19.2. The summed E-state index contributed by atoms with van der Waals surface area (Å²) >= 11 is 1.71. The van der Waals surface area contributed by atoms with E-state index in [1.165, 1.54) is 5.56 Å². The van der Waals surface area contributed by atoms with Crippen molar-refractivity contribution in [3.8, 4) is 5.75 Å². The highest BCUT2D eigenvalue weighted by molar-refractivity contribution is 14.0. The highest BCUT2D eigenvalue weighted by Crippen LogP contribution is 2.26. The van der Waals surface area contributed by atoms with Crippen LogP contribution in [0.1, 0.15) is 55.9 Å². The van der Waals surface area contributed by atoms with Crippen molar-refractivity contribution in [3.63, 3.8) is 0 Å². The Bertz CT molecular complexity index is 858. The normalized spacial score (nSPS) is 16.7. The van der Waals surface area contributed by atoms with Crippen molar-refractivity contribution in [1.82, 2.24) is 15.6 Å². The lowest BCUT2D eigenvalue weighted by molar-refractivity contribution is 0.140. The smallest absolute Gasteiger partial charge is 0.191 e. The second-order valence-corrected chi connectivity index (χ2v) is 9.52. The summed E-state index contributed by atoms with van der Waals surface area (Å²) in [6.45, 7) is 14.1. The van der Waals surface area contributed by atoms with Gasteiger partial charge >= 0.3 is 0 Å². The predicted octanol–water partition coefficient (Wildman–Crippen LogP) is 4.79. The Morgan fingerprint density at radius 1 is 1.32 bits per heavy atom. The minimum absolute atomic E-state index is 0. The summed E-state index contributed by atoms with van der Waals surface area (Å²) < 4.78 is 11.6. The van der Waals surface area contributed by atoms with Gasteiger partial charge in [-0.05, 0) is 25.5 Å². The first-order valence-electron chi connectivity index (χ1n) is 10.7. The summed E-state index contributed by atoms with van der Waals surface area (Å²) in [6, 6.07) is 6.29. The van der Waals surface area contributed by atoms with Crippen LogP contribution < -0.4 is 15.4 Å². The molecule has 0 bridgehead atoms. The van der Waals surface area contributed by atoms with Gasteiger partial charge in [-0.25, -0.2) is 9.98 Å². The fourth-order valence-electron chi connectivity index (χ4n) is 3.10. The molecule has 1 aliphatic heterocycles. The first-order valence-corrected chi connectivity index (χ1v) is 11.5. The van der Waals surface area contributed by atoms with Crippen molar-refractivity contribution < 1.29 is 9.47 Å². The van der Waals surface area contributed by atoms with E-state index >= 15 is 0 Å². The summed E-state index contributed by atoms with van der Waals surface area (Å²) in [6.07, 6.45) is 1.06. The Kier molecular flexibility index (Phi) is 10.0. The molecule has 0 spiro atoms. The van der Waals surface area contributed by atoms with Gasteiger partial charge in [0.15, 0.2) is 5.96 Å². The molecule has 172 valence electrons. The van der Waals surface area contributed by atoms with Crippen LogP contribution in [-0.2, 0) is 23.2 Å². The number of benzene rings is 1. The lowest BCUT2D eigenvalue weighted by atomic mass is 9.98. The molecule has 2 heterocycles. The maximum absolute atomic E-state index is 6.20. The lowest BCUT2D eigenvalue weighted by Crippen LogP contribution is -2.36. The van der Waals surface area contributed by atoms with Gasteiger partial charge in [-0.3, -0.25) is 0 Å². The number of aliphatic imine (C=N–C) groups is 1. The Labute approximate surface area is 207 Å². The zero-order chi connectivity index (χ0) is 21.6. The van der Waals surface area contributed by atoms with E-state index < -0.39 is 0 Å². The molecular formula is C23H35IN4O2S. The number of aryl methyl sites for hydroxylation is 1. The van der Waals surface area contributed by atoms with E-state index in [-0.39, 0.29) is 35.5 Å². The lowest BCUT2D eigenvalue weighted by Gasteiger charge is -2.16. The van der Waals surface area contributed by atoms with E-state index in [0.717, 1.165) is 47.5 Å². The average molecular weight is 559 g/mol. The van der Waals surface area contributed by atoms with Crippen LogP contribution in [0.3, 0.4) is 0 Å². The Balaban J connectivity index is 0.00000341. The third kappa shape index (κ3) is 7.91. The third-order valence-corrected chi connectivity index (χ3v) is 6.10. The molecule has 1 atom stereocenters. The minimum atomic E-state index is 0. The number of thiazole rings is 1. The molecule has 0 saturated carbocycles. The molecular weight excluding hydrogens is 523 g/mol. The van der Waals surface area contributed by atoms with E-state index in [1.807, 2.05) is 0 Å². The van der Waals surface area contributed by atoms with E-state index in [2.05, 4.69) is 68.8 Å². The number of ether oxygens (including phenoxy) is 2. The summed E-state index contributed by atoms with van der Waals surface area (Å²) in [4.78, 5) is 9.53. The van der Waals surface area contributed by atoms with Gasteiger partial charge < -0.3 is 20.1 Å². The molecule has 1 aromatic carbocycles. The van der Waals surface area contributed by atoms with Crippen LogP contribution in [0.25, 0.3) is 0 Å². The number of rotatable bonds is 7. The quantitative estimate of drug-likeness (QED) is 0.291. The highest BCUT2D eigenvalue weighted by Gasteiger charge is 2.19. The minimum Gasteiger partial charge on any atom is -0.488 e. The third-order valence-electron chi connectivity index (χ3n) is 4.79. The van der Waals surface area contributed by atoms with E-state index in [4.69, 9.17) is 19.5 Å². The molecule has 0 aliphatic carbocycles. The van der Waals surface area contributed by atoms with Crippen LogP contribution in [-0.4, -0.2) is 36.8 Å². The molecule has 31 heavy (non-hydrogen) atoms. The molecule has 1 aromatic heterocycles. The fourth-order valence-corrected chi connectivity index (χ4v) is 4.01. The van der Waals surface area contributed by atoms with Gasteiger partial charge in [0.05, 0.1) is 37.0 Å². The van der Waals surface area contributed by atoms with Crippen LogP contribution in [0.5, 0.6) is 5.75 Å². The fraction of sp³-hybridized carbons (Fsp3) is 0.565. The van der Waals surface area contributed by atoms with E-state index in [0.29, 0.717) is 19.7 Å². The SMILES string of the molecule is CCNC(=NCc1ccc(C)cc1OC1CCOC1)NCc1csc(C(C)(C)C)n1.I. The number of aromatic nitrogens is 1. The molecule has 2 aromatic rings. The van der Waals surface area contributed by atoms with Crippen LogP contribution in [0.15, 0.2) is 28.6 Å². The van der Waals surface area contributed by atoms with Gasteiger partial charge in [0.2, 0.25) is 0 Å². The largest absolute Gasteiger partial charge is 0.488 e. The molecule has 1 fully saturated rings. The van der Waals surface area contributed by atoms with Crippen molar-refractivity contribution in [1.29, 1.82) is 0 Å². The Hall–Kier alpha value is -1.39. The topological polar surface area (TPSA) is 67.8 Å². The molecule has 3 rings (SSSR count). The highest BCUT2D eigenvalue weighted by atomic mass is 127. The molecule has 2 N–H and O–H groups in total. The van der Waals surface area contributed by atoms with Gasteiger partial charge in [0.1, 0.15) is 11.9 Å². The number of halogens is 1. The van der Waals surface area contributed by atoms with Crippen LogP contribution in [0.2, 0.25) is 0 Å². The number of hydrogen-bond acceptors (Lipinski definition) is 5. The van der Waals surface area contributed by atoms with Crippen LogP contribution in [0.4, 0.5) is 0 Å². The Morgan fingerprint density at radius 3 is 2.77 bits per heavy atom. The maximum atomic E-state index is 6.20. The van der Waals surface area contributed by atoms with Gasteiger partial charge in [0, 0.05) is 29.3 Å². The van der Waals surface area contributed by atoms with E-state index in [9.17, 15) is 0 Å². The van der Waals surface area contributed by atoms with Crippen molar-refractivity contribution in [2.75, 3.05) is 19.8 Å². The van der Waals surface area contributed by atoms with Crippen molar-refractivity contribution >= 4 is 41.3 Å². The summed E-state index contributed by atoms with van der Waals surface area (Å²) in [5.41, 5.74) is 3.37. The number of nitrogens with zero attached hydrogens (tertiary/aromatic N) is 2. The second-order valence-electron chi connectivity index (χ2n) is 8.66. The summed E-state index contributed by atoms with van der Waals surface area (Å²) in [5.74, 6) is 1.68. The van der Waals surface area contributed by atoms with E-state index in [1.54, 1.807) is 11.3 Å². The molecule has 6 nitrogen and oxygen atoms in total. The van der Waals surface area contributed by atoms with Crippen molar-refractivity contribution in [2.45, 2.75) is 65.6 Å². The van der Waals surface area contributed by atoms with Gasteiger partial charge in [0.25, 0.3) is 0 Å². The zero-order valence-corrected chi connectivity index (χ0v) is 22.3. The molecule has 1 aliphatic rings. The van der Waals surface area contributed by atoms with Crippen molar-refractivity contribution in [3.05, 3.63) is 45.4 Å². The predicted molar refractivity (Wildman–Crippen MR) is 139 cm³/mol. The number of hydrogen-bond donors (Lipinski definition) is 2. The molecule has 1 unspecified atom stereocenters. The average Bonchev–Trinajstić information content (AvgIpc) is 3.37. The first-order chi connectivity index (χ1) is 14.3. The van der Waals surface area contributed by atoms with Gasteiger partial charge in [-0.15, -0.1) is 35.3 Å². The number of nitrogens with one attached hydrogen (secondary N) is 2. The van der Waals surface area contributed by atoms with Gasteiger partial charge in [-0.2, -0.15) is 0 Å². The number of guanidine groups is 1. The molecule has 0 radical (unpaired) electrons. The maximum Gasteiger partial charge on any atom is 0.191 e. The molecule has 1 saturated heterocycles. The second kappa shape index (κ2) is 12.0. The Morgan fingerprint density at radius 2 is 2.13 bits per heavy atom.